The molecule has 0 aliphatic carbocycles. The van der Waals surface area contributed by atoms with Crippen LogP contribution in [0, 0.1) is 0 Å². The fourth-order valence-electron chi connectivity index (χ4n) is 2.91. The highest BCUT2D eigenvalue weighted by molar-refractivity contribution is 6.07. The predicted octanol–water partition coefficient (Wildman–Crippen LogP) is 4.17. The van der Waals surface area contributed by atoms with E-state index in [-0.39, 0.29) is 0 Å². The molecule has 24 heavy (non-hydrogen) atoms. The molecule has 2 heterocycles. The number of rotatable bonds is 4. The molecule has 0 aliphatic heterocycles. The molecule has 0 atom stereocenters. The van der Waals surface area contributed by atoms with Gasteiger partial charge in [-0.3, -0.25) is 0 Å². The zero-order valence-corrected chi connectivity index (χ0v) is 13.1. The van der Waals surface area contributed by atoms with Gasteiger partial charge >= 0.3 is 0 Å². The summed E-state index contributed by atoms with van der Waals surface area (Å²) in [5.41, 5.74) is 3.12. The van der Waals surface area contributed by atoms with Crippen LogP contribution in [0.2, 0.25) is 0 Å². The Morgan fingerprint density at radius 3 is 1.50 bits per heavy atom. The van der Waals surface area contributed by atoms with Crippen LogP contribution in [0.5, 0.6) is 11.5 Å². The first-order chi connectivity index (χ1) is 11.8. The average Bonchev–Trinajstić information content (AvgIpc) is 3.33. The van der Waals surface area contributed by atoms with Gasteiger partial charge in [-0.2, -0.15) is 0 Å². The molecule has 4 aromatic rings. The lowest BCUT2D eigenvalue weighted by atomic mass is 9.95. The largest absolute Gasteiger partial charge is 0.496 e. The Hall–Kier alpha value is -3.28. The molecule has 0 unspecified atom stereocenters. The first-order valence-electron chi connectivity index (χ1n) is 7.28. The molecular weight excluding hydrogens is 308 g/mol. The van der Waals surface area contributed by atoms with Crippen LogP contribution in [0.25, 0.3) is 33.3 Å². The highest BCUT2D eigenvalue weighted by Crippen LogP contribution is 2.43. The Labute approximate surface area is 137 Å². The molecule has 0 radical (unpaired) electrons. The van der Waals surface area contributed by atoms with Crippen LogP contribution in [0.3, 0.4) is 0 Å². The molecule has 2 aromatic carbocycles. The topological polar surface area (TPSA) is 70.5 Å². The van der Waals surface area contributed by atoms with Crippen molar-refractivity contribution in [3.05, 3.63) is 49.6 Å². The minimum Gasteiger partial charge on any atom is -0.496 e. The second-order valence-corrected chi connectivity index (χ2v) is 5.13. The van der Waals surface area contributed by atoms with E-state index in [1.807, 2.05) is 24.3 Å². The second kappa shape index (κ2) is 5.73. The molecule has 120 valence electrons. The van der Waals surface area contributed by atoms with Crippen LogP contribution in [0.1, 0.15) is 0 Å². The summed E-state index contributed by atoms with van der Waals surface area (Å²) < 4.78 is 21.3. The van der Waals surface area contributed by atoms with Crippen LogP contribution in [-0.2, 0) is 0 Å². The van der Waals surface area contributed by atoms with Crippen molar-refractivity contribution < 1.29 is 18.3 Å². The first kappa shape index (κ1) is 14.3. The van der Waals surface area contributed by atoms with Crippen LogP contribution >= 0.6 is 0 Å². The molecular formula is C18H14N2O4. The van der Waals surface area contributed by atoms with E-state index in [1.165, 1.54) is 12.8 Å². The van der Waals surface area contributed by atoms with Crippen molar-refractivity contribution >= 4 is 10.8 Å². The average molecular weight is 322 g/mol. The van der Waals surface area contributed by atoms with Crippen molar-refractivity contribution in [2.75, 3.05) is 14.2 Å². The van der Waals surface area contributed by atoms with Crippen LogP contribution in [-0.4, -0.2) is 24.2 Å². The van der Waals surface area contributed by atoms with Crippen molar-refractivity contribution in [1.82, 2.24) is 9.97 Å². The summed E-state index contributed by atoms with van der Waals surface area (Å²) in [5.74, 6) is 1.43. The van der Waals surface area contributed by atoms with E-state index >= 15 is 0 Å². The number of aromatic nitrogens is 2. The molecule has 2 aromatic heterocycles. The highest BCUT2D eigenvalue weighted by Gasteiger charge is 2.19. The lowest BCUT2D eigenvalue weighted by Crippen LogP contribution is -1.94. The number of benzene rings is 2. The van der Waals surface area contributed by atoms with Gasteiger partial charge in [0, 0.05) is 0 Å². The van der Waals surface area contributed by atoms with Crippen molar-refractivity contribution in [3.8, 4) is 34.0 Å². The van der Waals surface area contributed by atoms with Gasteiger partial charge in [-0.15, -0.1) is 0 Å². The Morgan fingerprint density at radius 2 is 1.17 bits per heavy atom. The number of fused-ring (bicyclic) bond motifs is 1. The third kappa shape index (κ3) is 2.11. The molecule has 0 N–H and O–H groups in total. The van der Waals surface area contributed by atoms with E-state index in [2.05, 4.69) is 9.97 Å². The van der Waals surface area contributed by atoms with E-state index in [0.717, 1.165) is 21.9 Å². The monoisotopic (exact) mass is 322 g/mol. The van der Waals surface area contributed by atoms with Crippen molar-refractivity contribution in [2.45, 2.75) is 0 Å². The highest BCUT2D eigenvalue weighted by atomic mass is 16.5. The Balaban J connectivity index is 2.11. The third-order valence-corrected chi connectivity index (χ3v) is 3.94. The Kier molecular flexibility index (Phi) is 3.42. The minimum atomic E-state index is 0.703. The van der Waals surface area contributed by atoms with E-state index in [1.54, 1.807) is 26.7 Å². The van der Waals surface area contributed by atoms with Gasteiger partial charge in [-0.1, -0.05) is 0 Å². The fourth-order valence-corrected chi connectivity index (χ4v) is 2.91. The van der Waals surface area contributed by atoms with Gasteiger partial charge in [0.25, 0.3) is 0 Å². The van der Waals surface area contributed by atoms with Crippen molar-refractivity contribution in [1.29, 1.82) is 0 Å². The maximum Gasteiger partial charge on any atom is 0.181 e. The first-order valence-corrected chi connectivity index (χ1v) is 7.28. The second-order valence-electron chi connectivity index (χ2n) is 5.13. The molecule has 0 fully saturated rings. The molecule has 6 heteroatoms. The van der Waals surface area contributed by atoms with Gasteiger partial charge in [-0.05, 0) is 35.0 Å². The molecule has 4 rings (SSSR count). The number of methoxy groups -OCH3 is 2. The normalized spacial score (nSPS) is 10.9. The summed E-state index contributed by atoms with van der Waals surface area (Å²) in [7, 11) is 3.26. The van der Waals surface area contributed by atoms with Gasteiger partial charge in [0.15, 0.2) is 12.8 Å². The number of oxazole rings is 2. The zero-order valence-electron chi connectivity index (χ0n) is 13.1. The number of ether oxygens (including phenoxy) is 2. The Bertz CT molecular complexity index is 895. The lowest BCUT2D eigenvalue weighted by molar-refractivity contribution is 0.415. The third-order valence-electron chi connectivity index (χ3n) is 3.94. The standard InChI is InChI=1S/C18H14N2O4/c1-21-15-5-3-12-11(17(15)13-7-23-9-19-13)4-6-16(22-2)18(12)14-8-24-10-20-14/h3-10H,1-2H3. The summed E-state index contributed by atoms with van der Waals surface area (Å²) in [6, 6.07) is 7.75. The summed E-state index contributed by atoms with van der Waals surface area (Å²) in [5, 5.41) is 1.92. The molecule has 0 saturated heterocycles. The van der Waals surface area contributed by atoms with Crippen LogP contribution < -0.4 is 9.47 Å². The van der Waals surface area contributed by atoms with E-state index in [9.17, 15) is 0 Å². The molecule has 0 aliphatic rings. The van der Waals surface area contributed by atoms with E-state index < -0.39 is 0 Å². The predicted molar refractivity (Wildman–Crippen MR) is 88.0 cm³/mol. The van der Waals surface area contributed by atoms with Crippen LogP contribution in [0.4, 0.5) is 0 Å². The minimum absolute atomic E-state index is 0.703. The number of hydrogen-bond acceptors (Lipinski definition) is 6. The smallest absolute Gasteiger partial charge is 0.181 e. The van der Waals surface area contributed by atoms with Gasteiger partial charge in [-0.25, -0.2) is 9.97 Å². The van der Waals surface area contributed by atoms with Gasteiger partial charge in [0.2, 0.25) is 0 Å². The quantitative estimate of drug-likeness (QED) is 0.561. The van der Waals surface area contributed by atoms with Crippen LogP contribution in [0.15, 0.2) is 58.4 Å². The maximum absolute atomic E-state index is 5.52. The Morgan fingerprint density at radius 1 is 0.708 bits per heavy atom. The zero-order chi connectivity index (χ0) is 16.5. The molecule has 0 bridgehead atoms. The van der Waals surface area contributed by atoms with Gasteiger partial charge in [0.05, 0.1) is 25.3 Å². The molecule has 0 saturated carbocycles. The number of hydrogen-bond donors (Lipinski definition) is 0. The SMILES string of the molecule is COc1ccc2c(-c3cocn3)c(OC)ccc2c1-c1cocn1. The van der Waals surface area contributed by atoms with Crippen molar-refractivity contribution in [2.24, 2.45) is 0 Å². The molecule has 6 nitrogen and oxygen atoms in total. The fraction of sp³-hybridized carbons (Fsp3) is 0.111. The van der Waals surface area contributed by atoms with E-state index in [0.29, 0.717) is 22.9 Å². The summed E-state index contributed by atoms with van der Waals surface area (Å²) >= 11 is 0. The van der Waals surface area contributed by atoms with Crippen molar-refractivity contribution in [3.63, 3.8) is 0 Å². The van der Waals surface area contributed by atoms with Gasteiger partial charge in [0.1, 0.15) is 35.4 Å². The summed E-state index contributed by atoms with van der Waals surface area (Å²) in [4.78, 5) is 8.54. The molecule has 0 spiro atoms. The lowest BCUT2D eigenvalue weighted by Gasteiger charge is -2.14. The van der Waals surface area contributed by atoms with E-state index in [4.69, 9.17) is 18.3 Å². The molecule has 0 amide bonds. The summed E-state index contributed by atoms with van der Waals surface area (Å²) in [6.07, 6.45) is 5.99. The number of nitrogens with zero attached hydrogens (tertiary/aromatic N) is 2. The maximum atomic E-state index is 5.52. The van der Waals surface area contributed by atoms with Gasteiger partial charge < -0.3 is 18.3 Å². The summed E-state index contributed by atoms with van der Waals surface area (Å²) in [6.45, 7) is 0.